The van der Waals surface area contributed by atoms with Crippen molar-refractivity contribution < 1.29 is 0 Å². The first-order chi connectivity index (χ1) is 8.79. The molecule has 4 heteroatoms. The van der Waals surface area contributed by atoms with Crippen LogP contribution in [0, 0.1) is 0 Å². The minimum Gasteiger partial charge on any atom is -0.315 e. The smallest absolute Gasteiger partial charge is 0.129 e. The molecule has 1 aromatic heterocycles. The molecule has 1 unspecified atom stereocenters. The summed E-state index contributed by atoms with van der Waals surface area (Å²) in [6.07, 6.45) is 5.66. The molecule has 0 amide bonds. The Labute approximate surface area is 115 Å². The van der Waals surface area contributed by atoms with Gasteiger partial charge in [0.15, 0.2) is 0 Å². The Hall–Kier alpha value is -0.640. The van der Waals surface area contributed by atoms with Crippen molar-refractivity contribution in [2.24, 2.45) is 0 Å². The first-order valence-corrected chi connectivity index (χ1v) is 7.22. The Bertz CT molecular complexity index is 347. The standard InChI is InChI=1S/C14H22ClN3/c1-2-8-18(13-4-3-7-16-10-13)11-12-5-6-14(15)17-9-12/h5-6,9,13,16H,2-4,7-8,10-11H2,1H3. The van der Waals surface area contributed by atoms with Crippen LogP contribution in [0.1, 0.15) is 31.7 Å². The van der Waals surface area contributed by atoms with Crippen molar-refractivity contribution in [3.63, 3.8) is 0 Å². The summed E-state index contributed by atoms with van der Waals surface area (Å²) in [7, 11) is 0. The first-order valence-electron chi connectivity index (χ1n) is 6.85. The van der Waals surface area contributed by atoms with E-state index in [0.29, 0.717) is 11.2 Å². The lowest BCUT2D eigenvalue weighted by Gasteiger charge is -2.34. The quantitative estimate of drug-likeness (QED) is 0.832. The van der Waals surface area contributed by atoms with Crippen LogP contribution in [0.5, 0.6) is 0 Å². The van der Waals surface area contributed by atoms with Crippen molar-refractivity contribution in [1.82, 2.24) is 15.2 Å². The molecule has 0 aliphatic carbocycles. The van der Waals surface area contributed by atoms with Gasteiger partial charge in [-0.05, 0) is 44.0 Å². The van der Waals surface area contributed by atoms with Gasteiger partial charge in [0.05, 0.1) is 0 Å². The molecule has 0 aromatic carbocycles. The van der Waals surface area contributed by atoms with Crippen LogP contribution in [-0.2, 0) is 6.54 Å². The number of aromatic nitrogens is 1. The van der Waals surface area contributed by atoms with E-state index in [1.807, 2.05) is 12.3 Å². The second kappa shape index (κ2) is 7.07. The molecule has 0 saturated carbocycles. The van der Waals surface area contributed by atoms with Crippen molar-refractivity contribution >= 4 is 11.6 Å². The fourth-order valence-corrected chi connectivity index (χ4v) is 2.67. The lowest BCUT2D eigenvalue weighted by atomic mass is 10.0. The Morgan fingerprint density at radius 2 is 2.39 bits per heavy atom. The van der Waals surface area contributed by atoms with E-state index in [4.69, 9.17) is 11.6 Å². The maximum absolute atomic E-state index is 5.82. The van der Waals surface area contributed by atoms with Gasteiger partial charge in [-0.3, -0.25) is 4.90 Å². The number of piperidine rings is 1. The highest BCUT2D eigenvalue weighted by atomic mass is 35.5. The summed E-state index contributed by atoms with van der Waals surface area (Å²) in [5, 5.41) is 4.06. The van der Waals surface area contributed by atoms with E-state index in [9.17, 15) is 0 Å². The van der Waals surface area contributed by atoms with E-state index < -0.39 is 0 Å². The van der Waals surface area contributed by atoms with Crippen LogP contribution in [0.3, 0.4) is 0 Å². The van der Waals surface area contributed by atoms with E-state index in [0.717, 1.165) is 19.6 Å². The minimum atomic E-state index is 0.570. The largest absolute Gasteiger partial charge is 0.315 e. The zero-order chi connectivity index (χ0) is 12.8. The molecule has 2 heterocycles. The normalized spacial score (nSPS) is 20.3. The lowest BCUT2D eigenvalue weighted by Crippen LogP contribution is -2.45. The third-order valence-electron chi connectivity index (χ3n) is 3.47. The van der Waals surface area contributed by atoms with Crippen LogP contribution in [0.25, 0.3) is 0 Å². The predicted octanol–water partition coefficient (Wildman–Crippen LogP) is 2.70. The zero-order valence-corrected chi connectivity index (χ0v) is 11.8. The van der Waals surface area contributed by atoms with Crippen LogP contribution < -0.4 is 5.32 Å². The van der Waals surface area contributed by atoms with Crippen LogP contribution in [-0.4, -0.2) is 35.6 Å². The van der Waals surface area contributed by atoms with Gasteiger partial charge >= 0.3 is 0 Å². The summed E-state index contributed by atoms with van der Waals surface area (Å²) in [5.41, 5.74) is 1.25. The molecule has 1 aromatic rings. The average Bonchev–Trinajstić information content (AvgIpc) is 2.42. The van der Waals surface area contributed by atoms with Crippen LogP contribution in [0.15, 0.2) is 18.3 Å². The molecule has 1 saturated heterocycles. The third-order valence-corrected chi connectivity index (χ3v) is 3.70. The maximum Gasteiger partial charge on any atom is 0.129 e. The van der Waals surface area contributed by atoms with Gasteiger partial charge in [0.2, 0.25) is 0 Å². The number of pyridine rings is 1. The van der Waals surface area contributed by atoms with Crippen molar-refractivity contribution in [3.8, 4) is 0 Å². The number of hydrogen-bond acceptors (Lipinski definition) is 3. The van der Waals surface area contributed by atoms with Crippen molar-refractivity contribution in [3.05, 3.63) is 29.0 Å². The number of nitrogens with zero attached hydrogens (tertiary/aromatic N) is 2. The molecule has 18 heavy (non-hydrogen) atoms. The van der Waals surface area contributed by atoms with Gasteiger partial charge in [0.1, 0.15) is 5.15 Å². The van der Waals surface area contributed by atoms with Crippen LogP contribution in [0.4, 0.5) is 0 Å². The molecule has 1 aliphatic heterocycles. The predicted molar refractivity (Wildman–Crippen MR) is 75.8 cm³/mol. The second-order valence-corrected chi connectivity index (χ2v) is 5.35. The molecule has 1 atom stereocenters. The van der Waals surface area contributed by atoms with Gasteiger partial charge < -0.3 is 5.32 Å². The molecule has 0 radical (unpaired) electrons. The topological polar surface area (TPSA) is 28.2 Å². The molecular formula is C14H22ClN3. The fourth-order valence-electron chi connectivity index (χ4n) is 2.56. The highest BCUT2D eigenvalue weighted by Crippen LogP contribution is 2.15. The van der Waals surface area contributed by atoms with E-state index in [2.05, 4.69) is 28.2 Å². The molecular weight excluding hydrogens is 246 g/mol. The molecule has 1 fully saturated rings. The summed E-state index contributed by atoms with van der Waals surface area (Å²) in [4.78, 5) is 6.73. The Balaban J connectivity index is 1.98. The molecule has 3 nitrogen and oxygen atoms in total. The maximum atomic E-state index is 5.82. The molecule has 100 valence electrons. The van der Waals surface area contributed by atoms with E-state index >= 15 is 0 Å². The van der Waals surface area contributed by atoms with E-state index in [-0.39, 0.29) is 0 Å². The van der Waals surface area contributed by atoms with Gasteiger partial charge in [-0.1, -0.05) is 24.6 Å². The number of rotatable bonds is 5. The SMILES string of the molecule is CCCN(Cc1ccc(Cl)nc1)C1CCCNC1. The summed E-state index contributed by atoms with van der Waals surface area (Å²) in [6, 6.07) is 4.61. The van der Waals surface area contributed by atoms with Gasteiger partial charge in [-0.15, -0.1) is 0 Å². The molecule has 2 rings (SSSR count). The van der Waals surface area contributed by atoms with Crippen molar-refractivity contribution in [2.45, 2.75) is 38.8 Å². The van der Waals surface area contributed by atoms with Gasteiger partial charge in [-0.2, -0.15) is 0 Å². The monoisotopic (exact) mass is 267 g/mol. The highest BCUT2D eigenvalue weighted by Gasteiger charge is 2.20. The fraction of sp³-hybridized carbons (Fsp3) is 0.643. The Kier molecular flexibility index (Phi) is 5.42. The van der Waals surface area contributed by atoms with E-state index in [1.165, 1.54) is 31.4 Å². The Morgan fingerprint density at radius 3 is 3.00 bits per heavy atom. The zero-order valence-electron chi connectivity index (χ0n) is 11.0. The number of halogens is 1. The highest BCUT2D eigenvalue weighted by molar-refractivity contribution is 6.29. The minimum absolute atomic E-state index is 0.570. The lowest BCUT2D eigenvalue weighted by molar-refractivity contribution is 0.158. The second-order valence-electron chi connectivity index (χ2n) is 4.96. The molecule has 1 N–H and O–H groups in total. The Morgan fingerprint density at radius 1 is 1.50 bits per heavy atom. The third kappa shape index (κ3) is 3.94. The van der Waals surface area contributed by atoms with Crippen molar-refractivity contribution in [1.29, 1.82) is 0 Å². The summed E-state index contributed by atoms with van der Waals surface area (Å²) >= 11 is 5.82. The molecule has 0 spiro atoms. The molecule has 0 bridgehead atoms. The summed E-state index contributed by atoms with van der Waals surface area (Å²) < 4.78 is 0. The van der Waals surface area contributed by atoms with Crippen LogP contribution >= 0.6 is 11.6 Å². The van der Waals surface area contributed by atoms with Gasteiger partial charge in [0.25, 0.3) is 0 Å². The average molecular weight is 268 g/mol. The van der Waals surface area contributed by atoms with Crippen molar-refractivity contribution in [2.75, 3.05) is 19.6 Å². The van der Waals surface area contributed by atoms with Crippen LogP contribution in [0.2, 0.25) is 5.15 Å². The summed E-state index contributed by atoms with van der Waals surface area (Å²) in [6.45, 7) is 6.64. The number of nitrogens with one attached hydrogen (secondary N) is 1. The molecule has 1 aliphatic rings. The van der Waals surface area contributed by atoms with Gasteiger partial charge in [0, 0.05) is 25.3 Å². The summed E-state index contributed by atoms with van der Waals surface area (Å²) in [5.74, 6) is 0. The number of hydrogen-bond donors (Lipinski definition) is 1. The van der Waals surface area contributed by atoms with E-state index in [1.54, 1.807) is 0 Å². The first kappa shape index (κ1) is 13.8. The van der Waals surface area contributed by atoms with Gasteiger partial charge in [-0.25, -0.2) is 4.98 Å².